The molecule has 1 unspecified atom stereocenters. The zero-order valence-electron chi connectivity index (χ0n) is 15.8. The third-order valence-corrected chi connectivity index (χ3v) is 5.35. The molecule has 0 radical (unpaired) electrons. The smallest absolute Gasteiger partial charge is 0.300 e. The van der Waals surface area contributed by atoms with Gasteiger partial charge in [0.1, 0.15) is 5.76 Å². The zero-order chi connectivity index (χ0) is 22.1. The van der Waals surface area contributed by atoms with Crippen LogP contribution in [0.4, 0.5) is 11.4 Å². The van der Waals surface area contributed by atoms with Crippen molar-refractivity contribution >= 4 is 44.8 Å². The van der Waals surface area contributed by atoms with Gasteiger partial charge < -0.3 is 5.11 Å². The number of nitro benzene ring substituents is 1. The minimum absolute atomic E-state index is 0.0651. The molecule has 0 aliphatic carbocycles. The molecule has 1 aliphatic rings. The maximum Gasteiger partial charge on any atom is 0.300 e. The number of anilines is 1. The van der Waals surface area contributed by atoms with Gasteiger partial charge in [0.25, 0.3) is 17.4 Å². The first-order valence-corrected chi connectivity index (χ1v) is 9.89. The van der Waals surface area contributed by atoms with Crippen LogP contribution in [0.1, 0.15) is 17.2 Å². The van der Waals surface area contributed by atoms with Crippen LogP contribution >= 0.6 is 15.9 Å². The zero-order valence-corrected chi connectivity index (χ0v) is 17.4. The molecule has 2 heterocycles. The van der Waals surface area contributed by atoms with Crippen LogP contribution < -0.4 is 4.90 Å². The Morgan fingerprint density at radius 1 is 1.10 bits per heavy atom. The summed E-state index contributed by atoms with van der Waals surface area (Å²) in [6.45, 7) is 0. The lowest BCUT2D eigenvalue weighted by Crippen LogP contribution is -2.29. The third-order valence-electron chi connectivity index (χ3n) is 4.86. The SMILES string of the molecule is O=C1C(=O)N(c2cccc(Br)c2)C(c2cccnc2)/C1=C(/O)c1cccc([N+](=O)[O-])c1. The van der Waals surface area contributed by atoms with E-state index in [1.54, 1.807) is 42.6 Å². The molecule has 2 aromatic carbocycles. The summed E-state index contributed by atoms with van der Waals surface area (Å²) < 4.78 is 0.704. The monoisotopic (exact) mass is 479 g/mol. The summed E-state index contributed by atoms with van der Waals surface area (Å²) in [5.74, 6) is -2.20. The molecule has 1 amide bonds. The van der Waals surface area contributed by atoms with E-state index in [2.05, 4.69) is 20.9 Å². The Hall–Kier alpha value is -3.85. The topological polar surface area (TPSA) is 114 Å². The van der Waals surface area contributed by atoms with Crippen LogP contribution in [0.15, 0.2) is 83.1 Å². The second kappa shape index (κ2) is 8.11. The molecule has 8 nitrogen and oxygen atoms in total. The van der Waals surface area contributed by atoms with E-state index < -0.39 is 28.4 Å². The van der Waals surface area contributed by atoms with Gasteiger partial charge in [-0.3, -0.25) is 29.6 Å². The molecule has 31 heavy (non-hydrogen) atoms. The summed E-state index contributed by atoms with van der Waals surface area (Å²) in [6, 6.07) is 14.5. The molecule has 0 spiro atoms. The number of amides is 1. The van der Waals surface area contributed by atoms with Gasteiger partial charge >= 0.3 is 0 Å². The molecule has 1 fully saturated rings. The van der Waals surface area contributed by atoms with E-state index in [1.165, 1.54) is 29.3 Å². The highest BCUT2D eigenvalue weighted by Crippen LogP contribution is 2.42. The van der Waals surface area contributed by atoms with Crippen molar-refractivity contribution < 1.29 is 19.6 Å². The summed E-state index contributed by atoms with van der Waals surface area (Å²) in [5.41, 5.74) is 0.606. The largest absolute Gasteiger partial charge is 0.507 e. The Morgan fingerprint density at radius 3 is 2.55 bits per heavy atom. The number of halogens is 1. The van der Waals surface area contributed by atoms with Gasteiger partial charge in [0.2, 0.25) is 0 Å². The fourth-order valence-corrected chi connectivity index (χ4v) is 3.89. The number of nitrogens with zero attached hydrogens (tertiary/aromatic N) is 3. The molecular weight excluding hydrogens is 466 g/mol. The number of rotatable bonds is 4. The normalized spacial score (nSPS) is 17.7. The lowest BCUT2D eigenvalue weighted by Gasteiger charge is -2.25. The van der Waals surface area contributed by atoms with Crippen molar-refractivity contribution in [2.24, 2.45) is 0 Å². The first kappa shape index (κ1) is 20.4. The molecule has 0 saturated carbocycles. The molecule has 0 bridgehead atoms. The van der Waals surface area contributed by atoms with Gasteiger partial charge in [-0.1, -0.05) is 40.2 Å². The second-order valence-electron chi connectivity index (χ2n) is 6.74. The number of aromatic nitrogens is 1. The van der Waals surface area contributed by atoms with Crippen LogP contribution in [-0.4, -0.2) is 26.7 Å². The summed E-state index contributed by atoms with van der Waals surface area (Å²) in [6.07, 6.45) is 3.05. The Kier molecular flexibility index (Phi) is 5.35. The molecule has 4 rings (SSSR count). The minimum Gasteiger partial charge on any atom is -0.507 e. The molecule has 1 aromatic heterocycles. The standard InChI is InChI=1S/C22H14BrN3O5/c23-15-6-2-7-16(11-15)25-19(14-5-3-9-24-12-14)18(21(28)22(25)29)20(27)13-4-1-8-17(10-13)26(30)31/h1-12,19,27H/b20-18-. The number of Topliss-reactive ketones (excluding diaryl/α,β-unsaturated/α-hetero) is 1. The second-order valence-corrected chi connectivity index (χ2v) is 7.66. The lowest BCUT2D eigenvalue weighted by molar-refractivity contribution is -0.384. The van der Waals surface area contributed by atoms with E-state index in [-0.39, 0.29) is 16.8 Å². The van der Waals surface area contributed by atoms with Crippen LogP contribution in [0.3, 0.4) is 0 Å². The molecule has 9 heteroatoms. The summed E-state index contributed by atoms with van der Waals surface area (Å²) in [4.78, 5) is 41.9. The molecule has 1 saturated heterocycles. The van der Waals surface area contributed by atoms with Crippen molar-refractivity contribution in [3.8, 4) is 0 Å². The number of non-ortho nitro benzene ring substituents is 1. The van der Waals surface area contributed by atoms with Gasteiger partial charge in [-0.05, 0) is 29.8 Å². The average molecular weight is 480 g/mol. The highest BCUT2D eigenvalue weighted by molar-refractivity contribution is 9.10. The van der Waals surface area contributed by atoms with Crippen molar-refractivity contribution in [1.82, 2.24) is 4.98 Å². The van der Waals surface area contributed by atoms with Crippen molar-refractivity contribution in [2.75, 3.05) is 4.90 Å². The number of aliphatic hydroxyl groups excluding tert-OH is 1. The lowest BCUT2D eigenvalue weighted by atomic mass is 9.96. The maximum atomic E-state index is 13.0. The predicted octanol–water partition coefficient (Wildman–Crippen LogP) is 4.38. The molecule has 154 valence electrons. The number of hydrogen-bond acceptors (Lipinski definition) is 6. The number of aliphatic hydroxyl groups is 1. The number of ketones is 1. The number of benzene rings is 2. The quantitative estimate of drug-likeness (QED) is 0.195. The Bertz CT molecular complexity index is 1240. The number of pyridine rings is 1. The van der Waals surface area contributed by atoms with Crippen molar-refractivity contribution in [3.05, 3.63) is 104 Å². The van der Waals surface area contributed by atoms with Crippen LogP contribution in [0, 0.1) is 10.1 Å². The predicted molar refractivity (Wildman–Crippen MR) is 116 cm³/mol. The van der Waals surface area contributed by atoms with Crippen LogP contribution in [-0.2, 0) is 9.59 Å². The number of carbonyl (C=O) groups is 2. The molecule has 1 atom stereocenters. The van der Waals surface area contributed by atoms with E-state index in [4.69, 9.17) is 0 Å². The first-order valence-electron chi connectivity index (χ1n) is 9.10. The summed E-state index contributed by atoms with van der Waals surface area (Å²) in [5, 5.41) is 22.1. The van der Waals surface area contributed by atoms with E-state index >= 15 is 0 Å². The van der Waals surface area contributed by atoms with Gasteiger partial charge in [-0.15, -0.1) is 0 Å². The van der Waals surface area contributed by atoms with Crippen LogP contribution in [0.25, 0.3) is 5.76 Å². The fraction of sp³-hybridized carbons (Fsp3) is 0.0455. The first-order chi connectivity index (χ1) is 14.9. The Labute approximate surface area is 184 Å². The Morgan fingerprint density at radius 2 is 1.87 bits per heavy atom. The molecule has 3 aromatic rings. The Balaban J connectivity index is 1.95. The minimum atomic E-state index is -0.956. The van der Waals surface area contributed by atoms with E-state index in [9.17, 15) is 24.8 Å². The van der Waals surface area contributed by atoms with Gasteiger partial charge in [0, 0.05) is 40.2 Å². The van der Waals surface area contributed by atoms with Crippen LogP contribution in [0.2, 0.25) is 0 Å². The third kappa shape index (κ3) is 3.71. The van der Waals surface area contributed by atoms with E-state index in [0.29, 0.717) is 15.7 Å². The molecular formula is C22H14BrN3O5. The van der Waals surface area contributed by atoms with E-state index in [0.717, 1.165) is 6.07 Å². The van der Waals surface area contributed by atoms with Crippen molar-refractivity contribution in [3.63, 3.8) is 0 Å². The van der Waals surface area contributed by atoms with Gasteiger partial charge in [-0.2, -0.15) is 0 Å². The van der Waals surface area contributed by atoms with Gasteiger partial charge in [0.15, 0.2) is 0 Å². The van der Waals surface area contributed by atoms with Crippen molar-refractivity contribution in [1.29, 1.82) is 0 Å². The number of nitro groups is 1. The number of hydrogen-bond donors (Lipinski definition) is 1. The van der Waals surface area contributed by atoms with E-state index in [1.807, 2.05) is 0 Å². The van der Waals surface area contributed by atoms with Crippen LogP contribution in [0.5, 0.6) is 0 Å². The average Bonchev–Trinajstić information content (AvgIpc) is 3.04. The summed E-state index contributed by atoms with van der Waals surface area (Å²) in [7, 11) is 0. The van der Waals surface area contributed by atoms with Gasteiger partial charge in [0.05, 0.1) is 16.5 Å². The number of carbonyl (C=O) groups excluding carboxylic acids is 2. The maximum absolute atomic E-state index is 13.0. The highest BCUT2D eigenvalue weighted by Gasteiger charge is 2.47. The summed E-state index contributed by atoms with van der Waals surface area (Å²) >= 11 is 3.36. The van der Waals surface area contributed by atoms with Gasteiger partial charge in [-0.25, -0.2) is 0 Å². The fourth-order valence-electron chi connectivity index (χ4n) is 3.50. The molecule has 1 aliphatic heterocycles. The molecule has 1 N–H and O–H groups in total. The van der Waals surface area contributed by atoms with Crippen molar-refractivity contribution in [2.45, 2.75) is 6.04 Å². The highest BCUT2D eigenvalue weighted by atomic mass is 79.9.